The highest BCUT2D eigenvalue weighted by Crippen LogP contribution is 2.08. The minimum absolute atomic E-state index is 0.190. The zero-order valence-electron chi connectivity index (χ0n) is 8.95. The van der Waals surface area contributed by atoms with E-state index in [4.69, 9.17) is 5.73 Å². The normalized spacial score (nSPS) is 11.4. The molecule has 1 rings (SSSR count). The van der Waals surface area contributed by atoms with E-state index in [-0.39, 0.29) is 5.91 Å². The molecule has 0 aliphatic rings. The van der Waals surface area contributed by atoms with Gasteiger partial charge in [0.25, 0.3) is 0 Å². The third-order valence-electron chi connectivity index (χ3n) is 2.08. The van der Waals surface area contributed by atoms with Crippen molar-refractivity contribution in [2.24, 2.45) is 0 Å². The van der Waals surface area contributed by atoms with Crippen LogP contribution in [-0.4, -0.2) is 31.5 Å². The number of amides is 1. The zero-order chi connectivity index (χ0) is 10.8. The molecule has 0 fully saturated rings. The Morgan fingerprint density at radius 3 is 2.14 bits per heavy atom. The fraction of sp³-hybridized carbons (Fsp3) is 0.364. The van der Waals surface area contributed by atoms with Crippen molar-refractivity contribution in [1.29, 1.82) is 0 Å². The number of hydrogen-bond acceptors (Lipinski definition) is 2. The van der Waals surface area contributed by atoms with E-state index in [0.717, 1.165) is 11.3 Å². The number of nitrogens with two attached hydrogens (primary N) is 1. The second-order valence-electron chi connectivity index (χ2n) is 4.32. The van der Waals surface area contributed by atoms with Gasteiger partial charge in [-0.1, -0.05) is 12.1 Å². The summed E-state index contributed by atoms with van der Waals surface area (Å²) in [5.74, 6) is 0.190. The number of likely N-dealkylation sites (N-methyl/N-ethyl adjacent to an activating group) is 1. The summed E-state index contributed by atoms with van der Waals surface area (Å²) in [6.45, 7) is 0. The topological polar surface area (TPSA) is 43.1 Å². The molecule has 3 heteroatoms. The van der Waals surface area contributed by atoms with Crippen LogP contribution in [0.15, 0.2) is 24.3 Å². The van der Waals surface area contributed by atoms with Crippen molar-refractivity contribution in [3.05, 3.63) is 29.8 Å². The quantitative estimate of drug-likeness (QED) is 0.563. The summed E-state index contributed by atoms with van der Waals surface area (Å²) >= 11 is 0. The van der Waals surface area contributed by atoms with E-state index in [0.29, 0.717) is 10.9 Å². The van der Waals surface area contributed by atoms with Crippen LogP contribution in [-0.2, 0) is 11.2 Å². The molecule has 0 atom stereocenters. The highest BCUT2D eigenvalue weighted by Gasteiger charge is 2.19. The number of nitrogens with zero attached hydrogens (tertiary/aromatic N) is 1. The number of quaternary nitrogens is 1. The smallest absolute Gasteiger partial charge is 0.317 e. The molecule has 0 saturated heterocycles. The lowest BCUT2D eigenvalue weighted by atomic mass is 10.1. The number of carbonyl (C=O) groups excluding carboxylic acids is 1. The molecule has 1 aromatic carbocycles. The van der Waals surface area contributed by atoms with E-state index in [1.54, 1.807) is 0 Å². The van der Waals surface area contributed by atoms with Crippen LogP contribution in [0.5, 0.6) is 0 Å². The van der Waals surface area contributed by atoms with Crippen LogP contribution >= 0.6 is 0 Å². The molecule has 2 N–H and O–H groups in total. The van der Waals surface area contributed by atoms with Gasteiger partial charge in [0.1, 0.15) is 0 Å². The molecule has 0 radical (unpaired) electrons. The number of hydrogen-bond donors (Lipinski definition) is 1. The van der Waals surface area contributed by atoms with Crippen molar-refractivity contribution < 1.29 is 9.28 Å². The SMILES string of the molecule is C[N+](C)(C)C(=O)Cc1ccc(N)cc1. The van der Waals surface area contributed by atoms with E-state index < -0.39 is 0 Å². The Labute approximate surface area is 84.7 Å². The number of nitrogen functional groups attached to an aromatic ring is 1. The van der Waals surface area contributed by atoms with E-state index in [2.05, 4.69) is 0 Å². The minimum atomic E-state index is 0.190. The predicted molar refractivity (Wildman–Crippen MR) is 57.6 cm³/mol. The Hall–Kier alpha value is -1.35. The molecule has 3 nitrogen and oxygen atoms in total. The van der Waals surface area contributed by atoms with Gasteiger partial charge in [-0.25, -0.2) is 4.79 Å². The number of rotatable bonds is 2. The third kappa shape index (κ3) is 2.85. The van der Waals surface area contributed by atoms with Gasteiger partial charge in [-0.3, -0.25) is 4.48 Å². The summed E-state index contributed by atoms with van der Waals surface area (Å²) in [4.78, 5) is 11.7. The fourth-order valence-electron chi connectivity index (χ4n) is 1.05. The van der Waals surface area contributed by atoms with Gasteiger partial charge in [0.05, 0.1) is 27.6 Å². The Balaban J connectivity index is 2.71. The zero-order valence-corrected chi connectivity index (χ0v) is 8.95. The highest BCUT2D eigenvalue weighted by atomic mass is 16.2. The molecule has 76 valence electrons. The molecule has 0 saturated carbocycles. The van der Waals surface area contributed by atoms with Crippen LogP contribution in [0.3, 0.4) is 0 Å². The van der Waals surface area contributed by atoms with Crippen LogP contribution in [0.1, 0.15) is 5.56 Å². The molecule has 0 unspecified atom stereocenters. The Kier molecular flexibility index (Phi) is 2.91. The summed E-state index contributed by atoms with van der Waals surface area (Å²) in [5.41, 5.74) is 7.29. The van der Waals surface area contributed by atoms with Crippen molar-refractivity contribution in [3.8, 4) is 0 Å². The molecule has 14 heavy (non-hydrogen) atoms. The van der Waals surface area contributed by atoms with Gasteiger partial charge in [0, 0.05) is 5.69 Å². The van der Waals surface area contributed by atoms with Gasteiger partial charge in [0.15, 0.2) is 0 Å². The van der Waals surface area contributed by atoms with E-state index >= 15 is 0 Å². The van der Waals surface area contributed by atoms with Gasteiger partial charge in [0.2, 0.25) is 0 Å². The van der Waals surface area contributed by atoms with Crippen LogP contribution in [0.25, 0.3) is 0 Å². The van der Waals surface area contributed by atoms with Gasteiger partial charge in [-0.2, -0.15) is 0 Å². The summed E-state index contributed by atoms with van der Waals surface area (Å²) < 4.78 is 0.352. The maximum absolute atomic E-state index is 11.7. The lowest BCUT2D eigenvalue weighted by Crippen LogP contribution is -2.42. The first-order chi connectivity index (χ1) is 6.39. The van der Waals surface area contributed by atoms with Gasteiger partial charge >= 0.3 is 5.91 Å². The molecule has 0 aliphatic heterocycles. The number of benzene rings is 1. The molecule has 0 aliphatic carbocycles. The average molecular weight is 193 g/mol. The first kappa shape index (κ1) is 10.7. The monoisotopic (exact) mass is 193 g/mol. The molecule has 0 heterocycles. The first-order valence-electron chi connectivity index (χ1n) is 4.59. The first-order valence-corrected chi connectivity index (χ1v) is 4.59. The Bertz CT molecular complexity index is 322. The second kappa shape index (κ2) is 3.80. The van der Waals surface area contributed by atoms with Crippen molar-refractivity contribution in [2.75, 3.05) is 26.9 Å². The molecular weight excluding hydrogens is 176 g/mol. The van der Waals surface area contributed by atoms with E-state index in [9.17, 15) is 4.79 Å². The van der Waals surface area contributed by atoms with Crippen LogP contribution in [0, 0.1) is 0 Å². The van der Waals surface area contributed by atoms with Crippen LogP contribution in [0.2, 0.25) is 0 Å². The summed E-state index contributed by atoms with van der Waals surface area (Å²) in [6, 6.07) is 7.42. The van der Waals surface area contributed by atoms with Crippen molar-refractivity contribution in [3.63, 3.8) is 0 Å². The summed E-state index contributed by atoms with van der Waals surface area (Å²) in [7, 11) is 5.62. The summed E-state index contributed by atoms with van der Waals surface area (Å²) in [5, 5.41) is 0. The number of anilines is 1. The number of carbonyl (C=O) groups is 1. The standard InChI is InChI=1S/C11H17N2O/c1-13(2,3)11(14)8-9-4-6-10(12)7-5-9/h4-7H,8,12H2,1-3H3/q+1. The van der Waals surface area contributed by atoms with Crippen LogP contribution < -0.4 is 5.73 Å². The largest absolute Gasteiger partial charge is 0.399 e. The second-order valence-corrected chi connectivity index (χ2v) is 4.32. The predicted octanol–water partition coefficient (Wildman–Crippen LogP) is 1.04. The van der Waals surface area contributed by atoms with Crippen molar-refractivity contribution >= 4 is 11.6 Å². The molecule has 1 aromatic rings. The van der Waals surface area contributed by atoms with E-state index in [1.807, 2.05) is 45.4 Å². The Morgan fingerprint density at radius 1 is 1.21 bits per heavy atom. The van der Waals surface area contributed by atoms with E-state index in [1.165, 1.54) is 0 Å². The molecule has 0 spiro atoms. The minimum Gasteiger partial charge on any atom is -0.399 e. The molecule has 0 bridgehead atoms. The fourth-order valence-corrected chi connectivity index (χ4v) is 1.05. The van der Waals surface area contributed by atoms with Gasteiger partial charge in [-0.05, 0) is 17.7 Å². The average Bonchev–Trinajstić information content (AvgIpc) is 2.07. The summed E-state index contributed by atoms with van der Waals surface area (Å²) in [6.07, 6.45) is 0.462. The maximum Gasteiger partial charge on any atom is 0.317 e. The van der Waals surface area contributed by atoms with Gasteiger partial charge in [-0.15, -0.1) is 0 Å². The Morgan fingerprint density at radius 2 is 1.71 bits per heavy atom. The van der Waals surface area contributed by atoms with Crippen LogP contribution in [0.4, 0.5) is 5.69 Å². The van der Waals surface area contributed by atoms with Gasteiger partial charge < -0.3 is 5.73 Å². The molecular formula is C11H17N2O+. The molecule has 0 aromatic heterocycles. The van der Waals surface area contributed by atoms with Crippen molar-refractivity contribution in [1.82, 2.24) is 0 Å². The maximum atomic E-state index is 11.7. The third-order valence-corrected chi connectivity index (χ3v) is 2.08. The lowest BCUT2D eigenvalue weighted by molar-refractivity contribution is -0.792. The highest BCUT2D eigenvalue weighted by molar-refractivity contribution is 5.71. The lowest BCUT2D eigenvalue weighted by Gasteiger charge is -2.20. The molecule has 1 amide bonds. The van der Waals surface area contributed by atoms with Crippen molar-refractivity contribution in [2.45, 2.75) is 6.42 Å².